The first-order valence-corrected chi connectivity index (χ1v) is 4.43. The van der Waals surface area contributed by atoms with Crippen LogP contribution in [0.3, 0.4) is 0 Å². The van der Waals surface area contributed by atoms with Gasteiger partial charge in [0.15, 0.2) is 0 Å². The highest BCUT2D eigenvalue weighted by Crippen LogP contribution is 2.15. The smallest absolute Gasteiger partial charge is 0.123 e. The largest absolute Gasteiger partial charge is 0.378 e. The molecule has 0 aliphatic carbocycles. The molecule has 0 radical (unpaired) electrons. The number of nitrogens with one attached hydrogen (secondary N) is 1. The van der Waals surface area contributed by atoms with Crippen molar-refractivity contribution in [3.05, 3.63) is 35.6 Å². The van der Waals surface area contributed by atoms with Crippen molar-refractivity contribution < 1.29 is 9.13 Å². The van der Waals surface area contributed by atoms with E-state index < -0.39 is 0 Å². The van der Waals surface area contributed by atoms with Gasteiger partial charge in [-0.2, -0.15) is 0 Å². The Labute approximate surface area is 88.9 Å². The fourth-order valence-electron chi connectivity index (χ4n) is 1.47. The highest BCUT2D eigenvalue weighted by molar-refractivity contribution is 5.85. The Morgan fingerprint density at radius 3 is 2.57 bits per heavy atom. The summed E-state index contributed by atoms with van der Waals surface area (Å²) in [5, 5.41) is 3.31. The predicted molar refractivity (Wildman–Crippen MR) is 55.2 cm³/mol. The lowest BCUT2D eigenvalue weighted by atomic mass is 10.1. The van der Waals surface area contributed by atoms with Crippen molar-refractivity contribution >= 4 is 12.4 Å². The van der Waals surface area contributed by atoms with Gasteiger partial charge >= 0.3 is 0 Å². The van der Waals surface area contributed by atoms with Gasteiger partial charge < -0.3 is 10.1 Å². The van der Waals surface area contributed by atoms with Gasteiger partial charge in [-0.1, -0.05) is 12.1 Å². The van der Waals surface area contributed by atoms with Crippen LogP contribution in [0.25, 0.3) is 0 Å². The number of benzene rings is 1. The van der Waals surface area contributed by atoms with E-state index in [1.165, 1.54) is 12.1 Å². The van der Waals surface area contributed by atoms with Crippen LogP contribution in [0.1, 0.15) is 11.6 Å². The summed E-state index contributed by atoms with van der Waals surface area (Å²) < 4.78 is 17.9. The molecule has 1 N–H and O–H groups in total. The van der Waals surface area contributed by atoms with Gasteiger partial charge in [-0.25, -0.2) is 4.39 Å². The van der Waals surface area contributed by atoms with Crippen molar-refractivity contribution in [3.63, 3.8) is 0 Å². The maximum absolute atomic E-state index is 12.6. The molecule has 0 bridgehead atoms. The molecule has 1 atom stereocenters. The molecule has 14 heavy (non-hydrogen) atoms. The van der Waals surface area contributed by atoms with Crippen molar-refractivity contribution in [2.45, 2.75) is 6.04 Å². The SMILES string of the molecule is Cl.Fc1ccc(C2COCCN2)cc1. The lowest BCUT2D eigenvalue weighted by Crippen LogP contribution is -2.34. The summed E-state index contributed by atoms with van der Waals surface area (Å²) in [7, 11) is 0. The summed E-state index contributed by atoms with van der Waals surface area (Å²) in [6.45, 7) is 2.30. The first-order chi connectivity index (χ1) is 6.36. The van der Waals surface area contributed by atoms with Crippen LogP contribution in [0.5, 0.6) is 0 Å². The third-order valence-electron chi connectivity index (χ3n) is 2.19. The molecule has 0 amide bonds. The summed E-state index contributed by atoms with van der Waals surface area (Å²) in [4.78, 5) is 0. The van der Waals surface area contributed by atoms with Gasteiger partial charge in [0.25, 0.3) is 0 Å². The van der Waals surface area contributed by atoms with E-state index in [0.29, 0.717) is 6.61 Å². The van der Waals surface area contributed by atoms with E-state index in [1.54, 1.807) is 12.1 Å². The molecule has 1 aliphatic heterocycles. The Bertz CT molecular complexity index is 272. The second-order valence-corrected chi connectivity index (χ2v) is 3.13. The molecule has 1 saturated heterocycles. The van der Waals surface area contributed by atoms with Gasteiger partial charge in [-0.15, -0.1) is 12.4 Å². The van der Waals surface area contributed by atoms with Gasteiger partial charge in [-0.3, -0.25) is 0 Å². The third-order valence-corrected chi connectivity index (χ3v) is 2.19. The maximum Gasteiger partial charge on any atom is 0.123 e. The van der Waals surface area contributed by atoms with Gasteiger partial charge in [0.05, 0.1) is 19.3 Å². The number of ether oxygens (including phenoxy) is 1. The molecule has 0 saturated carbocycles. The highest BCUT2D eigenvalue weighted by atomic mass is 35.5. The minimum atomic E-state index is -0.194. The Hall–Kier alpha value is -0.640. The zero-order valence-electron chi connectivity index (χ0n) is 7.70. The molecule has 1 aliphatic rings. The van der Waals surface area contributed by atoms with Crippen molar-refractivity contribution in [1.82, 2.24) is 5.32 Å². The number of hydrogen-bond donors (Lipinski definition) is 1. The van der Waals surface area contributed by atoms with Crippen LogP contribution in [0.15, 0.2) is 24.3 Å². The monoisotopic (exact) mass is 217 g/mol. The molecule has 2 nitrogen and oxygen atoms in total. The van der Waals surface area contributed by atoms with E-state index in [-0.39, 0.29) is 24.3 Å². The van der Waals surface area contributed by atoms with Crippen LogP contribution in [0.4, 0.5) is 4.39 Å². The van der Waals surface area contributed by atoms with Gasteiger partial charge in [-0.05, 0) is 17.7 Å². The zero-order valence-corrected chi connectivity index (χ0v) is 8.52. The quantitative estimate of drug-likeness (QED) is 0.776. The summed E-state index contributed by atoms with van der Waals surface area (Å²) >= 11 is 0. The molecule has 2 rings (SSSR count). The second-order valence-electron chi connectivity index (χ2n) is 3.13. The van der Waals surface area contributed by atoms with Crippen LogP contribution in [0.2, 0.25) is 0 Å². The molecule has 1 heterocycles. The van der Waals surface area contributed by atoms with Crippen LogP contribution < -0.4 is 5.32 Å². The minimum absolute atomic E-state index is 0. The van der Waals surface area contributed by atoms with Gasteiger partial charge in [0, 0.05) is 6.54 Å². The van der Waals surface area contributed by atoms with E-state index in [4.69, 9.17) is 4.74 Å². The van der Waals surface area contributed by atoms with Crippen molar-refractivity contribution in [3.8, 4) is 0 Å². The Morgan fingerprint density at radius 2 is 2.00 bits per heavy atom. The summed E-state index contributed by atoms with van der Waals surface area (Å²) in [5.41, 5.74) is 1.08. The van der Waals surface area contributed by atoms with Crippen LogP contribution in [-0.2, 0) is 4.74 Å². The Kier molecular flexibility index (Phi) is 4.32. The molecular weight excluding hydrogens is 205 g/mol. The first kappa shape index (κ1) is 11.4. The molecule has 78 valence electrons. The van der Waals surface area contributed by atoms with Crippen molar-refractivity contribution in [1.29, 1.82) is 0 Å². The highest BCUT2D eigenvalue weighted by Gasteiger charge is 2.14. The average Bonchev–Trinajstić information content (AvgIpc) is 2.20. The van der Waals surface area contributed by atoms with E-state index in [9.17, 15) is 4.39 Å². The van der Waals surface area contributed by atoms with Crippen LogP contribution in [-0.4, -0.2) is 19.8 Å². The normalized spacial score (nSPS) is 21.4. The number of halogens is 2. The molecule has 0 aromatic heterocycles. The Balaban J connectivity index is 0.000000980. The fourth-order valence-corrected chi connectivity index (χ4v) is 1.47. The van der Waals surface area contributed by atoms with E-state index in [1.807, 2.05) is 0 Å². The minimum Gasteiger partial charge on any atom is -0.378 e. The molecule has 1 fully saturated rings. The summed E-state index contributed by atoms with van der Waals surface area (Å²) in [6.07, 6.45) is 0. The number of hydrogen-bond acceptors (Lipinski definition) is 2. The van der Waals surface area contributed by atoms with E-state index in [0.717, 1.165) is 18.7 Å². The molecule has 1 aromatic rings. The van der Waals surface area contributed by atoms with E-state index >= 15 is 0 Å². The second kappa shape index (κ2) is 5.29. The summed E-state index contributed by atoms with van der Waals surface area (Å²) in [6, 6.07) is 6.76. The molecule has 1 unspecified atom stereocenters. The topological polar surface area (TPSA) is 21.3 Å². The fraction of sp³-hybridized carbons (Fsp3) is 0.400. The lowest BCUT2D eigenvalue weighted by molar-refractivity contribution is 0.0768. The van der Waals surface area contributed by atoms with E-state index in [2.05, 4.69) is 5.32 Å². The average molecular weight is 218 g/mol. The molecule has 1 aromatic carbocycles. The van der Waals surface area contributed by atoms with Crippen molar-refractivity contribution in [2.24, 2.45) is 0 Å². The standard InChI is InChI=1S/C10H12FNO.ClH/c11-9-3-1-8(2-4-9)10-7-13-6-5-12-10;/h1-4,10,12H,5-7H2;1H. The van der Waals surface area contributed by atoms with Gasteiger partial charge in [0.1, 0.15) is 5.82 Å². The molecular formula is C10H13ClFNO. The maximum atomic E-state index is 12.6. The van der Waals surface area contributed by atoms with Crippen molar-refractivity contribution in [2.75, 3.05) is 19.8 Å². The lowest BCUT2D eigenvalue weighted by Gasteiger charge is -2.23. The first-order valence-electron chi connectivity index (χ1n) is 4.43. The van der Waals surface area contributed by atoms with Crippen LogP contribution >= 0.6 is 12.4 Å². The zero-order chi connectivity index (χ0) is 9.10. The predicted octanol–water partition coefficient (Wildman–Crippen LogP) is 1.91. The number of morpholine rings is 1. The Morgan fingerprint density at radius 1 is 1.29 bits per heavy atom. The summed E-state index contributed by atoms with van der Waals surface area (Å²) in [5.74, 6) is -0.194. The molecule has 4 heteroatoms. The number of rotatable bonds is 1. The van der Waals surface area contributed by atoms with Crippen LogP contribution in [0, 0.1) is 5.82 Å². The third kappa shape index (κ3) is 2.67. The van der Waals surface area contributed by atoms with Gasteiger partial charge in [0.2, 0.25) is 0 Å². The molecule has 0 spiro atoms.